The number of aliphatic carboxylic acids is 1. The number of carbonyl (C=O) groups is 1. The molecule has 1 N–H and O–H groups in total. The zero-order chi connectivity index (χ0) is 12.4. The molecule has 4 nitrogen and oxygen atoms in total. The minimum absolute atomic E-state index is 0.126. The molecule has 1 aromatic heterocycles. The lowest BCUT2D eigenvalue weighted by Gasteiger charge is -1.98. The van der Waals surface area contributed by atoms with Crippen molar-refractivity contribution in [2.75, 3.05) is 0 Å². The molecule has 0 amide bonds. The standard InChI is InChI=1S/C10H6Cl2N2O2S/c11-6-2-1-5(3-7(6)12)10-13-8(17-14-10)4-9(15)16/h1-3H,4H2,(H,15,16). The van der Waals surface area contributed by atoms with E-state index in [2.05, 4.69) is 9.36 Å². The van der Waals surface area contributed by atoms with Crippen LogP contribution in [0.25, 0.3) is 11.4 Å². The van der Waals surface area contributed by atoms with E-state index in [1.807, 2.05) is 0 Å². The predicted octanol–water partition coefficient (Wildman–Crippen LogP) is 3.14. The Morgan fingerprint density at radius 3 is 2.76 bits per heavy atom. The number of carboxylic acids is 1. The lowest BCUT2D eigenvalue weighted by molar-refractivity contribution is -0.136. The Labute approximate surface area is 111 Å². The smallest absolute Gasteiger partial charge is 0.310 e. The quantitative estimate of drug-likeness (QED) is 0.942. The van der Waals surface area contributed by atoms with Gasteiger partial charge in [-0.2, -0.15) is 4.37 Å². The second kappa shape index (κ2) is 5.00. The first-order chi connectivity index (χ1) is 8.06. The van der Waals surface area contributed by atoms with Crippen LogP contribution in [0.3, 0.4) is 0 Å². The van der Waals surface area contributed by atoms with Gasteiger partial charge in [-0.1, -0.05) is 23.2 Å². The van der Waals surface area contributed by atoms with E-state index in [1.54, 1.807) is 18.2 Å². The van der Waals surface area contributed by atoms with E-state index in [9.17, 15) is 4.79 Å². The first kappa shape index (κ1) is 12.3. The Hall–Kier alpha value is -1.17. The van der Waals surface area contributed by atoms with Gasteiger partial charge in [-0.3, -0.25) is 4.79 Å². The van der Waals surface area contributed by atoms with E-state index in [-0.39, 0.29) is 6.42 Å². The summed E-state index contributed by atoms with van der Waals surface area (Å²) in [6, 6.07) is 5.04. The van der Waals surface area contributed by atoms with Crippen molar-refractivity contribution in [3.8, 4) is 11.4 Å². The molecule has 0 atom stereocenters. The highest BCUT2D eigenvalue weighted by atomic mass is 35.5. The van der Waals surface area contributed by atoms with Crippen LogP contribution in [-0.4, -0.2) is 20.4 Å². The molecule has 1 aromatic carbocycles. The average Bonchev–Trinajstić information content (AvgIpc) is 2.69. The highest BCUT2D eigenvalue weighted by Gasteiger charge is 2.10. The molecule has 0 bridgehead atoms. The topological polar surface area (TPSA) is 63.1 Å². The second-order valence-electron chi connectivity index (χ2n) is 3.21. The Balaban J connectivity index is 2.30. The van der Waals surface area contributed by atoms with Crippen LogP contribution in [0.2, 0.25) is 10.0 Å². The van der Waals surface area contributed by atoms with Crippen LogP contribution >= 0.6 is 34.7 Å². The summed E-state index contributed by atoms with van der Waals surface area (Å²) in [5.41, 5.74) is 0.715. The molecular formula is C10H6Cl2N2O2S. The number of rotatable bonds is 3. The van der Waals surface area contributed by atoms with E-state index in [4.69, 9.17) is 28.3 Å². The van der Waals surface area contributed by atoms with Crippen LogP contribution in [0.4, 0.5) is 0 Å². The molecule has 0 aliphatic rings. The number of halogens is 2. The largest absolute Gasteiger partial charge is 0.481 e. The van der Waals surface area contributed by atoms with Gasteiger partial charge in [0.05, 0.1) is 16.5 Å². The number of nitrogens with zero attached hydrogens (tertiary/aromatic N) is 2. The number of benzene rings is 1. The SMILES string of the molecule is O=C(O)Cc1nc(-c2ccc(Cl)c(Cl)c2)ns1. The summed E-state index contributed by atoms with van der Waals surface area (Å²) in [6.07, 6.45) is -0.126. The van der Waals surface area contributed by atoms with Crippen molar-refractivity contribution in [2.24, 2.45) is 0 Å². The molecule has 7 heteroatoms. The van der Waals surface area contributed by atoms with E-state index >= 15 is 0 Å². The number of carboxylic acid groups (broad SMARTS) is 1. The summed E-state index contributed by atoms with van der Waals surface area (Å²) in [6.45, 7) is 0. The van der Waals surface area contributed by atoms with Crippen LogP contribution in [0.1, 0.15) is 5.01 Å². The monoisotopic (exact) mass is 288 g/mol. The molecule has 0 aliphatic heterocycles. The summed E-state index contributed by atoms with van der Waals surface area (Å²) in [5.74, 6) is -0.466. The van der Waals surface area contributed by atoms with Crippen molar-refractivity contribution in [3.05, 3.63) is 33.3 Å². The molecule has 88 valence electrons. The zero-order valence-electron chi connectivity index (χ0n) is 8.35. The van der Waals surface area contributed by atoms with E-state index in [0.717, 1.165) is 11.5 Å². The summed E-state index contributed by atoms with van der Waals surface area (Å²) < 4.78 is 4.08. The Morgan fingerprint density at radius 1 is 1.35 bits per heavy atom. The molecule has 0 unspecified atom stereocenters. The van der Waals surface area contributed by atoms with Crippen molar-refractivity contribution in [3.63, 3.8) is 0 Å². The van der Waals surface area contributed by atoms with Gasteiger partial charge in [0, 0.05) is 5.56 Å². The van der Waals surface area contributed by atoms with Gasteiger partial charge in [-0.15, -0.1) is 0 Å². The Kier molecular flexibility index (Phi) is 3.61. The summed E-state index contributed by atoms with van der Waals surface area (Å²) in [7, 11) is 0. The molecule has 0 fully saturated rings. The number of hydrogen-bond acceptors (Lipinski definition) is 4. The summed E-state index contributed by atoms with van der Waals surface area (Å²) in [5, 5.41) is 9.96. The van der Waals surface area contributed by atoms with Gasteiger partial charge in [0.1, 0.15) is 5.01 Å². The van der Waals surface area contributed by atoms with E-state index in [0.29, 0.717) is 26.4 Å². The maximum atomic E-state index is 10.5. The van der Waals surface area contributed by atoms with E-state index < -0.39 is 5.97 Å². The number of hydrogen-bond donors (Lipinski definition) is 1. The summed E-state index contributed by atoms with van der Waals surface area (Å²) >= 11 is 12.7. The minimum Gasteiger partial charge on any atom is -0.481 e. The van der Waals surface area contributed by atoms with Gasteiger partial charge in [0.25, 0.3) is 0 Å². The van der Waals surface area contributed by atoms with Crippen molar-refractivity contribution >= 4 is 40.7 Å². The fourth-order valence-electron chi connectivity index (χ4n) is 1.21. The van der Waals surface area contributed by atoms with Crippen LogP contribution in [0.15, 0.2) is 18.2 Å². The van der Waals surface area contributed by atoms with Crippen LogP contribution in [-0.2, 0) is 11.2 Å². The van der Waals surface area contributed by atoms with Crippen LogP contribution in [0, 0.1) is 0 Å². The van der Waals surface area contributed by atoms with Gasteiger partial charge >= 0.3 is 5.97 Å². The molecule has 0 aliphatic carbocycles. The maximum absolute atomic E-state index is 10.5. The Bertz CT molecular complexity index is 571. The lowest BCUT2D eigenvalue weighted by Crippen LogP contribution is -1.99. The lowest BCUT2D eigenvalue weighted by atomic mass is 10.2. The molecule has 0 radical (unpaired) electrons. The molecule has 0 saturated heterocycles. The van der Waals surface area contributed by atoms with Crippen molar-refractivity contribution in [1.29, 1.82) is 0 Å². The maximum Gasteiger partial charge on any atom is 0.310 e. The molecule has 0 saturated carbocycles. The first-order valence-electron chi connectivity index (χ1n) is 4.56. The van der Waals surface area contributed by atoms with Crippen molar-refractivity contribution in [1.82, 2.24) is 9.36 Å². The molecule has 1 heterocycles. The normalized spacial score (nSPS) is 10.5. The van der Waals surface area contributed by atoms with Gasteiger partial charge in [-0.05, 0) is 29.7 Å². The first-order valence-corrected chi connectivity index (χ1v) is 6.09. The molecule has 17 heavy (non-hydrogen) atoms. The van der Waals surface area contributed by atoms with E-state index in [1.165, 1.54) is 0 Å². The van der Waals surface area contributed by atoms with Gasteiger partial charge in [0.15, 0.2) is 5.82 Å². The highest BCUT2D eigenvalue weighted by molar-refractivity contribution is 7.05. The minimum atomic E-state index is -0.929. The summed E-state index contributed by atoms with van der Waals surface area (Å²) in [4.78, 5) is 14.6. The fraction of sp³-hybridized carbons (Fsp3) is 0.100. The molecule has 2 aromatic rings. The van der Waals surface area contributed by atoms with Crippen molar-refractivity contribution in [2.45, 2.75) is 6.42 Å². The van der Waals surface area contributed by atoms with Crippen LogP contribution in [0.5, 0.6) is 0 Å². The van der Waals surface area contributed by atoms with Gasteiger partial charge in [0.2, 0.25) is 0 Å². The third-order valence-corrected chi connectivity index (χ3v) is 3.40. The molecule has 0 spiro atoms. The van der Waals surface area contributed by atoms with Crippen molar-refractivity contribution < 1.29 is 9.90 Å². The predicted molar refractivity (Wildman–Crippen MR) is 66.7 cm³/mol. The third kappa shape index (κ3) is 2.94. The Morgan fingerprint density at radius 2 is 2.12 bits per heavy atom. The fourth-order valence-corrected chi connectivity index (χ4v) is 2.16. The highest BCUT2D eigenvalue weighted by Crippen LogP contribution is 2.27. The van der Waals surface area contributed by atoms with Gasteiger partial charge < -0.3 is 5.11 Å². The number of aromatic nitrogens is 2. The molecular weight excluding hydrogens is 283 g/mol. The van der Waals surface area contributed by atoms with Crippen LogP contribution < -0.4 is 0 Å². The van der Waals surface area contributed by atoms with Gasteiger partial charge in [-0.25, -0.2) is 4.98 Å². The zero-order valence-corrected chi connectivity index (χ0v) is 10.7. The molecule has 2 rings (SSSR count). The average molecular weight is 289 g/mol. The second-order valence-corrected chi connectivity index (χ2v) is 4.86. The third-order valence-electron chi connectivity index (χ3n) is 1.95.